The van der Waals surface area contributed by atoms with E-state index in [0.29, 0.717) is 13.0 Å². The van der Waals surface area contributed by atoms with E-state index in [1.807, 2.05) is 34.6 Å². The molecular weight excluding hydrogens is 280 g/mol. The van der Waals surface area contributed by atoms with Crippen LogP contribution in [-0.2, 0) is 11.2 Å². The molecule has 1 unspecified atom stereocenters. The molecule has 0 radical (unpaired) electrons. The smallest absolute Gasteiger partial charge is 0.407 e. The minimum absolute atomic E-state index is 0.167. The van der Waals surface area contributed by atoms with Gasteiger partial charge in [0.05, 0.1) is 7.11 Å². The van der Waals surface area contributed by atoms with Crippen LogP contribution >= 0.6 is 0 Å². The summed E-state index contributed by atoms with van der Waals surface area (Å²) in [6.45, 7) is 9.89. The fourth-order valence-electron chi connectivity index (χ4n) is 2.38. The van der Waals surface area contributed by atoms with E-state index in [0.717, 1.165) is 22.4 Å². The summed E-state index contributed by atoms with van der Waals surface area (Å²) in [6, 6.07) is 3.97. The summed E-state index contributed by atoms with van der Waals surface area (Å²) in [7, 11) is 1.67. The van der Waals surface area contributed by atoms with Crippen LogP contribution in [0.15, 0.2) is 12.1 Å². The van der Waals surface area contributed by atoms with Crippen LogP contribution in [0, 0.1) is 13.8 Å². The number of nitrogens with one attached hydrogen (secondary N) is 1. The van der Waals surface area contributed by atoms with Crippen LogP contribution in [0.5, 0.6) is 5.75 Å². The molecule has 0 aliphatic heterocycles. The van der Waals surface area contributed by atoms with Gasteiger partial charge >= 0.3 is 6.09 Å². The van der Waals surface area contributed by atoms with Crippen molar-refractivity contribution in [3.8, 4) is 5.75 Å². The third-order valence-corrected chi connectivity index (χ3v) is 3.13. The lowest BCUT2D eigenvalue weighted by atomic mass is 10.0. The first-order valence-corrected chi connectivity index (χ1v) is 7.49. The number of carbonyl (C=O) groups is 1. The molecule has 0 aromatic heterocycles. The molecule has 1 amide bonds. The Morgan fingerprint density at radius 1 is 1.27 bits per heavy atom. The Bertz CT molecular complexity index is 498. The van der Waals surface area contributed by atoms with E-state index in [9.17, 15) is 4.79 Å². The Balaban J connectivity index is 2.55. The number of methoxy groups -OCH3 is 1. The molecule has 0 aliphatic carbocycles. The van der Waals surface area contributed by atoms with E-state index in [1.54, 1.807) is 7.11 Å². The summed E-state index contributed by atoms with van der Waals surface area (Å²) in [5.74, 6) is 0.907. The van der Waals surface area contributed by atoms with Crippen LogP contribution < -0.4 is 15.8 Å². The van der Waals surface area contributed by atoms with Crippen LogP contribution in [0.4, 0.5) is 4.79 Å². The fraction of sp³-hybridized carbons (Fsp3) is 0.588. The van der Waals surface area contributed by atoms with Crippen LogP contribution in [0.25, 0.3) is 0 Å². The number of hydrogen-bond donors (Lipinski definition) is 2. The minimum Gasteiger partial charge on any atom is -0.496 e. The van der Waals surface area contributed by atoms with Gasteiger partial charge in [0.1, 0.15) is 11.4 Å². The molecule has 1 aromatic carbocycles. The zero-order valence-corrected chi connectivity index (χ0v) is 14.4. The highest BCUT2D eigenvalue weighted by atomic mass is 16.6. The molecule has 0 saturated carbocycles. The number of carbonyl (C=O) groups excluding carboxylic acids is 1. The summed E-state index contributed by atoms with van der Waals surface area (Å²) < 4.78 is 10.5. The minimum atomic E-state index is -0.502. The molecular formula is C17H28N2O3. The first kappa shape index (κ1) is 18.3. The average molecular weight is 308 g/mol. The predicted molar refractivity (Wildman–Crippen MR) is 88.4 cm³/mol. The van der Waals surface area contributed by atoms with Gasteiger partial charge in [0, 0.05) is 12.6 Å². The molecule has 1 aromatic rings. The quantitative estimate of drug-likeness (QED) is 0.877. The van der Waals surface area contributed by atoms with Crippen molar-refractivity contribution >= 4 is 6.09 Å². The van der Waals surface area contributed by atoms with E-state index >= 15 is 0 Å². The van der Waals surface area contributed by atoms with Gasteiger partial charge in [-0.25, -0.2) is 4.79 Å². The van der Waals surface area contributed by atoms with Gasteiger partial charge in [-0.3, -0.25) is 0 Å². The lowest BCUT2D eigenvalue weighted by Crippen LogP contribution is -2.41. The van der Waals surface area contributed by atoms with Gasteiger partial charge in [-0.2, -0.15) is 0 Å². The second kappa shape index (κ2) is 7.49. The molecule has 0 fully saturated rings. The van der Waals surface area contributed by atoms with Gasteiger partial charge in [-0.15, -0.1) is 0 Å². The molecule has 0 saturated heterocycles. The van der Waals surface area contributed by atoms with Gasteiger partial charge in [0.15, 0.2) is 0 Å². The molecule has 5 heteroatoms. The van der Waals surface area contributed by atoms with E-state index < -0.39 is 11.7 Å². The lowest BCUT2D eigenvalue weighted by Gasteiger charge is -2.21. The Kier molecular flexibility index (Phi) is 6.23. The van der Waals surface area contributed by atoms with Crippen LogP contribution in [-0.4, -0.2) is 31.4 Å². The Hall–Kier alpha value is -1.75. The number of benzene rings is 1. The second-order valence-electron chi connectivity index (χ2n) is 6.61. The lowest BCUT2D eigenvalue weighted by molar-refractivity contribution is 0.0524. The summed E-state index contributed by atoms with van der Waals surface area (Å²) in [5, 5.41) is 2.70. The highest BCUT2D eigenvalue weighted by molar-refractivity contribution is 5.67. The predicted octanol–water partition coefficient (Wildman–Crippen LogP) is 2.71. The molecule has 124 valence electrons. The van der Waals surface area contributed by atoms with Gasteiger partial charge in [0.2, 0.25) is 0 Å². The van der Waals surface area contributed by atoms with Gasteiger partial charge in [-0.05, 0) is 57.7 Å². The van der Waals surface area contributed by atoms with Gasteiger partial charge in [0.25, 0.3) is 0 Å². The van der Waals surface area contributed by atoms with Gasteiger partial charge in [-0.1, -0.05) is 12.1 Å². The Labute approximate surface area is 133 Å². The van der Waals surface area contributed by atoms with Crippen LogP contribution in [0.1, 0.15) is 37.5 Å². The number of alkyl carbamates (subject to hydrolysis) is 1. The van der Waals surface area contributed by atoms with Crippen molar-refractivity contribution in [1.82, 2.24) is 5.32 Å². The topological polar surface area (TPSA) is 73.6 Å². The zero-order chi connectivity index (χ0) is 16.9. The summed E-state index contributed by atoms with van der Waals surface area (Å²) in [4.78, 5) is 11.6. The standard InChI is InChI=1S/C17H28N2O3/c1-11-7-13(8-12(2)15(11)21-6)9-14(18)10-19-16(20)22-17(3,4)5/h7-8,14H,9-10,18H2,1-6H3,(H,19,20). The van der Waals surface area contributed by atoms with E-state index in [1.165, 1.54) is 0 Å². The fourth-order valence-corrected chi connectivity index (χ4v) is 2.38. The van der Waals surface area contributed by atoms with Crippen molar-refractivity contribution in [3.05, 3.63) is 28.8 Å². The summed E-state index contributed by atoms with van der Waals surface area (Å²) in [5.41, 5.74) is 8.89. The van der Waals surface area contributed by atoms with Crippen LogP contribution in [0.3, 0.4) is 0 Å². The molecule has 0 heterocycles. The number of nitrogens with two attached hydrogens (primary N) is 1. The normalized spacial score (nSPS) is 12.7. The monoisotopic (exact) mass is 308 g/mol. The zero-order valence-electron chi connectivity index (χ0n) is 14.4. The SMILES string of the molecule is COc1c(C)cc(CC(N)CNC(=O)OC(C)(C)C)cc1C. The molecule has 3 N–H and O–H groups in total. The molecule has 1 rings (SSSR count). The number of aryl methyl sites for hydroxylation is 2. The summed E-state index contributed by atoms with van der Waals surface area (Å²) >= 11 is 0. The third-order valence-electron chi connectivity index (χ3n) is 3.13. The highest BCUT2D eigenvalue weighted by Gasteiger charge is 2.16. The second-order valence-corrected chi connectivity index (χ2v) is 6.61. The van der Waals surface area contributed by atoms with E-state index in [4.69, 9.17) is 15.2 Å². The largest absolute Gasteiger partial charge is 0.496 e. The number of rotatable bonds is 5. The molecule has 0 aliphatic rings. The maximum Gasteiger partial charge on any atom is 0.407 e. The highest BCUT2D eigenvalue weighted by Crippen LogP contribution is 2.24. The van der Waals surface area contributed by atoms with Crippen molar-refractivity contribution in [2.24, 2.45) is 5.73 Å². The Morgan fingerprint density at radius 3 is 2.27 bits per heavy atom. The van der Waals surface area contributed by atoms with Crippen molar-refractivity contribution in [2.45, 2.75) is 52.7 Å². The number of amides is 1. The maximum absolute atomic E-state index is 11.6. The molecule has 1 atom stereocenters. The third kappa shape index (κ3) is 5.93. The number of ether oxygens (including phenoxy) is 2. The van der Waals surface area contributed by atoms with E-state index in [2.05, 4.69) is 17.4 Å². The molecule has 5 nitrogen and oxygen atoms in total. The van der Waals surface area contributed by atoms with Crippen molar-refractivity contribution < 1.29 is 14.3 Å². The van der Waals surface area contributed by atoms with Crippen molar-refractivity contribution in [3.63, 3.8) is 0 Å². The van der Waals surface area contributed by atoms with E-state index in [-0.39, 0.29) is 6.04 Å². The van der Waals surface area contributed by atoms with Crippen molar-refractivity contribution in [2.75, 3.05) is 13.7 Å². The molecule has 0 spiro atoms. The molecule has 22 heavy (non-hydrogen) atoms. The molecule has 0 bridgehead atoms. The number of hydrogen-bond acceptors (Lipinski definition) is 4. The average Bonchev–Trinajstić information content (AvgIpc) is 2.34. The van der Waals surface area contributed by atoms with Crippen molar-refractivity contribution in [1.29, 1.82) is 0 Å². The van der Waals surface area contributed by atoms with Gasteiger partial charge < -0.3 is 20.5 Å². The first-order chi connectivity index (χ1) is 10.1. The van der Waals surface area contributed by atoms with Crippen LogP contribution in [0.2, 0.25) is 0 Å². The summed E-state index contributed by atoms with van der Waals surface area (Å²) in [6.07, 6.45) is 0.242. The first-order valence-electron chi connectivity index (χ1n) is 7.49. The maximum atomic E-state index is 11.6. The Morgan fingerprint density at radius 2 is 1.82 bits per heavy atom.